The molecule has 0 aliphatic carbocycles. The normalized spacial score (nSPS) is 14.8. The van der Waals surface area contributed by atoms with Gasteiger partial charge >= 0.3 is 5.97 Å². The molecule has 0 unspecified atom stereocenters. The maximum Gasteiger partial charge on any atom is 0.341 e. The fraction of sp³-hybridized carbons (Fsp3) is 0.100. The van der Waals surface area contributed by atoms with Crippen molar-refractivity contribution in [3.63, 3.8) is 0 Å². The van der Waals surface area contributed by atoms with Gasteiger partial charge in [-0.3, -0.25) is 19.3 Å². The molecule has 3 amide bonds. The van der Waals surface area contributed by atoms with Crippen molar-refractivity contribution < 1.29 is 29.0 Å². The van der Waals surface area contributed by atoms with E-state index in [1.165, 1.54) is 6.08 Å². The molecule has 3 rings (SSSR count). The molecule has 0 aromatic heterocycles. The topological polar surface area (TPSA) is 113 Å². The number of para-hydroxylation sites is 1. The molecular formula is C20H14Br2N2O6S. The quantitative estimate of drug-likeness (QED) is 0.477. The highest BCUT2D eigenvalue weighted by molar-refractivity contribution is 9.11. The minimum absolute atomic E-state index is 0.0858. The molecule has 1 aliphatic rings. The second-order valence-electron chi connectivity index (χ2n) is 6.17. The summed E-state index contributed by atoms with van der Waals surface area (Å²) in [5, 5.41) is 10.9. The van der Waals surface area contributed by atoms with Crippen LogP contribution in [0.15, 0.2) is 56.3 Å². The van der Waals surface area contributed by atoms with Gasteiger partial charge in [-0.2, -0.15) is 0 Å². The number of ether oxygens (including phenoxy) is 1. The summed E-state index contributed by atoms with van der Waals surface area (Å²) >= 11 is 7.31. The van der Waals surface area contributed by atoms with Crippen molar-refractivity contribution in [1.29, 1.82) is 0 Å². The van der Waals surface area contributed by atoms with Crippen LogP contribution in [0.5, 0.6) is 5.75 Å². The minimum Gasteiger partial charge on any atom is -0.480 e. The van der Waals surface area contributed by atoms with E-state index in [1.54, 1.807) is 42.5 Å². The lowest BCUT2D eigenvalue weighted by Gasteiger charge is -2.13. The number of aliphatic carboxylic acids is 1. The highest BCUT2D eigenvalue weighted by atomic mass is 79.9. The van der Waals surface area contributed by atoms with Gasteiger partial charge < -0.3 is 15.2 Å². The highest BCUT2D eigenvalue weighted by Gasteiger charge is 2.36. The number of nitrogens with zero attached hydrogens (tertiary/aromatic N) is 1. The number of carbonyl (C=O) groups excluding carboxylic acids is 3. The molecule has 11 heteroatoms. The van der Waals surface area contributed by atoms with Crippen LogP contribution in [0, 0.1) is 0 Å². The molecule has 160 valence electrons. The van der Waals surface area contributed by atoms with Gasteiger partial charge in [-0.15, -0.1) is 0 Å². The van der Waals surface area contributed by atoms with Crippen LogP contribution in [0.2, 0.25) is 0 Å². The van der Waals surface area contributed by atoms with Crippen LogP contribution in [0.3, 0.4) is 0 Å². The number of benzene rings is 2. The van der Waals surface area contributed by atoms with Crippen LogP contribution in [-0.2, 0) is 14.4 Å². The molecule has 0 radical (unpaired) electrons. The van der Waals surface area contributed by atoms with Crippen LogP contribution in [0.25, 0.3) is 6.08 Å². The Bertz CT molecular complexity index is 1090. The van der Waals surface area contributed by atoms with Gasteiger partial charge in [0.05, 0.1) is 9.38 Å². The monoisotopic (exact) mass is 568 g/mol. The maximum atomic E-state index is 12.7. The first-order valence-corrected chi connectivity index (χ1v) is 11.1. The molecule has 0 atom stereocenters. The molecule has 2 aromatic rings. The minimum atomic E-state index is -1.16. The van der Waals surface area contributed by atoms with E-state index >= 15 is 0 Å². The molecule has 0 spiro atoms. The second-order valence-corrected chi connectivity index (χ2v) is 8.93. The fourth-order valence-corrected chi connectivity index (χ4v) is 4.82. The number of thioether (sulfide) groups is 1. The Morgan fingerprint density at radius 3 is 2.55 bits per heavy atom. The number of amides is 3. The number of hydrogen-bond donors (Lipinski definition) is 2. The Hall–Kier alpha value is -2.63. The van der Waals surface area contributed by atoms with Crippen molar-refractivity contribution in [2.24, 2.45) is 0 Å². The van der Waals surface area contributed by atoms with Crippen LogP contribution in [0.1, 0.15) is 5.56 Å². The number of halogens is 2. The second kappa shape index (κ2) is 10.1. The van der Waals surface area contributed by atoms with Crippen LogP contribution in [-0.4, -0.2) is 46.2 Å². The lowest BCUT2D eigenvalue weighted by molar-refractivity contribution is -0.139. The zero-order valence-corrected chi connectivity index (χ0v) is 19.6. The first-order chi connectivity index (χ1) is 14.7. The average molecular weight is 570 g/mol. The van der Waals surface area contributed by atoms with E-state index in [1.807, 2.05) is 0 Å². The van der Waals surface area contributed by atoms with Crippen molar-refractivity contribution in [3.05, 3.63) is 61.9 Å². The van der Waals surface area contributed by atoms with E-state index < -0.39 is 36.2 Å². The molecule has 0 saturated carbocycles. The summed E-state index contributed by atoms with van der Waals surface area (Å²) in [6, 6.07) is 12.0. The molecule has 2 aromatic carbocycles. The van der Waals surface area contributed by atoms with E-state index in [-0.39, 0.29) is 10.7 Å². The summed E-state index contributed by atoms with van der Waals surface area (Å²) in [4.78, 5) is 49.1. The van der Waals surface area contributed by atoms with Gasteiger partial charge in [-0.05, 0) is 58.0 Å². The summed E-state index contributed by atoms with van der Waals surface area (Å²) in [6.07, 6.45) is 1.42. The highest BCUT2D eigenvalue weighted by Crippen LogP contribution is 2.38. The van der Waals surface area contributed by atoms with Crippen LogP contribution >= 0.6 is 43.6 Å². The SMILES string of the molecule is O=C(O)COc1c(Br)cc(Br)cc1/C=C1\SC(=O)N(CC(=O)Nc2ccccc2)C1=O. The van der Waals surface area contributed by atoms with E-state index in [0.717, 1.165) is 4.90 Å². The number of nitrogens with one attached hydrogen (secondary N) is 1. The Labute approximate surface area is 197 Å². The van der Waals surface area contributed by atoms with E-state index in [0.29, 0.717) is 32.0 Å². The van der Waals surface area contributed by atoms with Crippen LogP contribution < -0.4 is 10.1 Å². The van der Waals surface area contributed by atoms with E-state index in [2.05, 4.69) is 37.2 Å². The fourth-order valence-electron chi connectivity index (χ4n) is 2.62. The first-order valence-electron chi connectivity index (χ1n) is 8.68. The van der Waals surface area contributed by atoms with Gasteiger partial charge in [-0.1, -0.05) is 34.1 Å². The number of hydrogen-bond acceptors (Lipinski definition) is 6. The summed E-state index contributed by atoms with van der Waals surface area (Å²) in [6.45, 7) is -1.01. The third-order valence-electron chi connectivity index (χ3n) is 3.90. The lowest BCUT2D eigenvalue weighted by Crippen LogP contribution is -2.36. The lowest BCUT2D eigenvalue weighted by atomic mass is 10.2. The first kappa shape index (κ1) is 23.0. The number of rotatable bonds is 7. The number of imide groups is 1. The molecule has 8 nitrogen and oxygen atoms in total. The van der Waals surface area contributed by atoms with Gasteiger partial charge in [0.25, 0.3) is 11.1 Å². The van der Waals surface area contributed by atoms with Crippen molar-refractivity contribution in [2.75, 3.05) is 18.5 Å². The molecule has 1 heterocycles. The predicted molar refractivity (Wildman–Crippen MR) is 123 cm³/mol. The van der Waals surface area contributed by atoms with Crippen molar-refractivity contribution in [2.45, 2.75) is 0 Å². The average Bonchev–Trinajstić information content (AvgIpc) is 2.95. The third kappa shape index (κ3) is 5.96. The zero-order chi connectivity index (χ0) is 22.5. The zero-order valence-electron chi connectivity index (χ0n) is 15.6. The van der Waals surface area contributed by atoms with Gasteiger partial charge in [0.2, 0.25) is 5.91 Å². The van der Waals surface area contributed by atoms with Gasteiger partial charge in [0, 0.05) is 15.7 Å². The molecule has 1 fully saturated rings. The maximum absolute atomic E-state index is 12.7. The smallest absolute Gasteiger partial charge is 0.341 e. The molecule has 31 heavy (non-hydrogen) atoms. The van der Waals surface area contributed by atoms with E-state index in [4.69, 9.17) is 9.84 Å². The largest absolute Gasteiger partial charge is 0.480 e. The van der Waals surface area contributed by atoms with Crippen molar-refractivity contribution in [1.82, 2.24) is 4.90 Å². The summed E-state index contributed by atoms with van der Waals surface area (Å²) < 4.78 is 6.44. The summed E-state index contributed by atoms with van der Waals surface area (Å²) in [7, 11) is 0. The number of anilines is 1. The third-order valence-corrected chi connectivity index (χ3v) is 5.85. The number of carboxylic acids is 1. The Morgan fingerprint density at radius 2 is 1.87 bits per heavy atom. The van der Waals surface area contributed by atoms with Crippen molar-refractivity contribution in [3.8, 4) is 5.75 Å². The van der Waals surface area contributed by atoms with E-state index in [9.17, 15) is 19.2 Å². The summed E-state index contributed by atoms with van der Waals surface area (Å²) in [5.41, 5.74) is 0.941. The molecule has 1 saturated heterocycles. The van der Waals surface area contributed by atoms with Crippen LogP contribution in [0.4, 0.5) is 10.5 Å². The Balaban J connectivity index is 1.80. The molecule has 2 N–H and O–H groups in total. The number of carbonyl (C=O) groups is 4. The summed E-state index contributed by atoms with van der Waals surface area (Å²) in [5.74, 6) is -2.09. The predicted octanol–water partition coefficient (Wildman–Crippen LogP) is 4.35. The van der Waals surface area contributed by atoms with Gasteiger partial charge in [0.15, 0.2) is 6.61 Å². The van der Waals surface area contributed by atoms with Gasteiger partial charge in [-0.25, -0.2) is 4.79 Å². The standard InChI is InChI=1S/C20H14Br2N2O6S/c21-12-6-11(18(14(22)8-12)30-10-17(26)27)7-15-19(28)24(20(29)31-15)9-16(25)23-13-4-2-1-3-5-13/h1-8H,9-10H2,(H,23,25)(H,26,27)/b15-7-. The number of carboxylic acid groups (broad SMARTS) is 1. The Morgan fingerprint density at radius 1 is 1.16 bits per heavy atom. The Kier molecular flexibility index (Phi) is 7.52. The van der Waals surface area contributed by atoms with Crippen molar-refractivity contribution >= 4 is 78.4 Å². The molecule has 1 aliphatic heterocycles. The van der Waals surface area contributed by atoms with Gasteiger partial charge in [0.1, 0.15) is 12.3 Å². The molecular weight excluding hydrogens is 556 g/mol. The molecule has 0 bridgehead atoms.